The summed E-state index contributed by atoms with van der Waals surface area (Å²) in [5, 5.41) is 2.46. The van der Waals surface area contributed by atoms with Gasteiger partial charge in [0.25, 0.3) is 11.8 Å². The van der Waals surface area contributed by atoms with Crippen LogP contribution in [-0.4, -0.2) is 17.9 Å². The minimum absolute atomic E-state index is 0.101. The number of nitrogens with two attached hydrogens (primary N) is 1. The van der Waals surface area contributed by atoms with Crippen LogP contribution in [0, 0.1) is 12.7 Å². The van der Waals surface area contributed by atoms with Gasteiger partial charge < -0.3 is 15.8 Å². The van der Waals surface area contributed by atoms with Gasteiger partial charge in [0.2, 0.25) is 0 Å². The van der Waals surface area contributed by atoms with Crippen LogP contribution in [0.4, 0.5) is 10.1 Å². The fraction of sp³-hybridized carbons (Fsp3) is 0.176. The summed E-state index contributed by atoms with van der Waals surface area (Å²) in [6, 6.07) is 8.71. The summed E-state index contributed by atoms with van der Waals surface area (Å²) in [6.45, 7) is 3.34. The van der Waals surface area contributed by atoms with Crippen molar-refractivity contribution in [3.05, 3.63) is 58.4 Å². The first kappa shape index (κ1) is 17.7. The van der Waals surface area contributed by atoms with Gasteiger partial charge in [-0.15, -0.1) is 0 Å². The summed E-state index contributed by atoms with van der Waals surface area (Å²) in [5.74, 6) is -1.48. The molecule has 0 aliphatic rings. The molecule has 3 N–H and O–H groups in total. The number of anilines is 1. The number of carbonyl (C=O) groups is 2. The highest BCUT2D eigenvalue weighted by Gasteiger charge is 2.18. The first-order valence-electron chi connectivity index (χ1n) is 7.11. The largest absolute Gasteiger partial charge is 0.480 e. The van der Waals surface area contributed by atoms with Crippen molar-refractivity contribution in [2.75, 3.05) is 5.32 Å². The van der Waals surface area contributed by atoms with E-state index in [1.54, 1.807) is 12.1 Å². The van der Waals surface area contributed by atoms with Gasteiger partial charge in [0, 0.05) is 5.69 Å². The molecule has 2 aromatic carbocycles. The van der Waals surface area contributed by atoms with Gasteiger partial charge in [-0.3, -0.25) is 9.59 Å². The number of hydrogen-bond donors (Lipinski definition) is 2. The van der Waals surface area contributed by atoms with E-state index in [2.05, 4.69) is 5.32 Å². The summed E-state index contributed by atoms with van der Waals surface area (Å²) in [4.78, 5) is 23.6. The molecule has 2 aromatic rings. The lowest BCUT2D eigenvalue weighted by Gasteiger charge is -2.17. The number of amides is 2. The van der Waals surface area contributed by atoms with E-state index < -0.39 is 23.7 Å². The number of carbonyl (C=O) groups excluding carboxylic acids is 2. The molecule has 0 saturated heterocycles. The smallest absolute Gasteiger partial charge is 0.265 e. The number of ether oxygens (including phenoxy) is 1. The molecule has 0 bridgehead atoms. The van der Waals surface area contributed by atoms with Crippen molar-refractivity contribution in [1.29, 1.82) is 0 Å². The molecule has 126 valence electrons. The summed E-state index contributed by atoms with van der Waals surface area (Å²) >= 11 is 5.67. The Hall–Kier alpha value is -2.60. The van der Waals surface area contributed by atoms with Crippen molar-refractivity contribution in [3.8, 4) is 5.75 Å². The van der Waals surface area contributed by atoms with Crippen LogP contribution in [0.15, 0.2) is 36.4 Å². The number of aryl methyl sites for hydroxylation is 1. The molecule has 0 fully saturated rings. The molecule has 0 radical (unpaired) electrons. The molecule has 0 aliphatic heterocycles. The molecule has 24 heavy (non-hydrogen) atoms. The average Bonchev–Trinajstić information content (AvgIpc) is 2.50. The maximum Gasteiger partial charge on any atom is 0.265 e. The van der Waals surface area contributed by atoms with Gasteiger partial charge in [-0.1, -0.05) is 17.7 Å². The van der Waals surface area contributed by atoms with Crippen molar-refractivity contribution in [2.45, 2.75) is 20.0 Å². The maximum absolute atomic E-state index is 13.1. The highest BCUT2D eigenvalue weighted by Crippen LogP contribution is 2.22. The molecule has 2 amide bonds. The minimum Gasteiger partial charge on any atom is -0.480 e. The number of primary amides is 1. The number of halogens is 2. The Labute approximate surface area is 143 Å². The van der Waals surface area contributed by atoms with Crippen LogP contribution < -0.4 is 15.8 Å². The van der Waals surface area contributed by atoms with E-state index in [1.165, 1.54) is 25.1 Å². The van der Waals surface area contributed by atoms with Crippen LogP contribution in [0.5, 0.6) is 5.75 Å². The predicted octanol–water partition coefficient (Wildman–Crippen LogP) is 3.29. The normalized spacial score (nSPS) is 11.7. The van der Waals surface area contributed by atoms with Crippen LogP contribution in [-0.2, 0) is 4.79 Å². The zero-order valence-electron chi connectivity index (χ0n) is 13.1. The molecule has 7 heteroatoms. The highest BCUT2D eigenvalue weighted by molar-refractivity contribution is 6.31. The Morgan fingerprint density at radius 2 is 1.96 bits per heavy atom. The van der Waals surface area contributed by atoms with Crippen LogP contribution in [0.25, 0.3) is 0 Å². The lowest BCUT2D eigenvalue weighted by molar-refractivity contribution is -0.122. The number of benzene rings is 2. The highest BCUT2D eigenvalue weighted by atomic mass is 35.5. The first-order valence-corrected chi connectivity index (χ1v) is 7.48. The number of nitrogens with one attached hydrogen (secondary N) is 1. The third kappa shape index (κ3) is 4.23. The van der Waals surface area contributed by atoms with Crippen molar-refractivity contribution in [3.63, 3.8) is 0 Å². The SMILES string of the molecule is Cc1ccc(C(N)=O)c(OC(C)C(=O)Nc2ccc(F)c(Cl)c2)c1. The van der Waals surface area contributed by atoms with Crippen molar-refractivity contribution in [2.24, 2.45) is 5.73 Å². The molecule has 2 rings (SSSR count). The lowest BCUT2D eigenvalue weighted by atomic mass is 10.1. The Balaban J connectivity index is 2.13. The van der Waals surface area contributed by atoms with Gasteiger partial charge in [-0.05, 0) is 49.7 Å². The maximum atomic E-state index is 13.1. The van der Waals surface area contributed by atoms with Crippen LogP contribution in [0.2, 0.25) is 5.02 Å². The Bertz CT molecular complexity index is 795. The molecule has 1 atom stereocenters. The van der Waals surface area contributed by atoms with Crippen LogP contribution in [0.3, 0.4) is 0 Å². The average molecular weight is 351 g/mol. The Morgan fingerprint density at radius 3 is 2.58 bits per heavy atom. The minimum atomic E-state index is -0.909. The second kappa shape index (κ2) is 7.31. The Morgan fingerprint density at radius 1 is 1.25 bits per heavy atom. The predicted molar refractivity (Wildman–Crippen MR) is 89.8 cm³/mol. The van der Waals surface area contributed by atoms with E-state index >= 15 is 0 Å². The zero-order valence-corrected chi connectivity index (χ0v) is 13.9. The zero-order chi connectivity index (χ0) is 17.9. The van der Waals surface area contributed by atoms with Crippen molar-refractivity contribution < 1.29 is 18.7 Å². The molecule has 5 nitrogen and oxygen atoms in total. The third-order valence-corrected chi connectivity index (χ3v) is 3.55. The fourth-order valence-electron chi connectivity index (χ4n) is 1.99. The summed E-state index contributed by atoms with van der Waals surface area (Å²) < 4.78 is 18.7. The summed E-state index contributed by atoms with van der Waals surface area (Å²) in [5.41, 5.74) is 6.68. The van der Waals surface area contributed by atoms with Gasteiger partial charge in [-0.2, -0.15) is 0 Å². The molecule has 0 aliphatic carbocycles. The summed E-state index contributed by atoms with van der Waals surface area (Å²) in [7, 11) is 0. The fourth-order valence-corrected chi connectivity index (χ4v) is 2.17. The number of rotatable bonds is 5. The molecular formula is C17H16ClFN2O3. The molecule has 0 saturated carbocycles. The van der Waals surface area contributed by atoms with Crippen LogP contribution in [0.1, 0.15) is 22.8 Å². The molecule has 0 heterocycles. The lowest BCUT2D eigenvalue weighted by Crippen LogP contribution is -2.31. The molecule has 0 aromatic heterocycles. The van der Waals surface area contributed by atoms with Crippen LogP contribution >= 0.6 is 11.6 Å². The molecule has 1 unspecified atom stereocenters. The second-order valence-corrected chi connectivity index (χ2v) is 5.65. The van der Waals surface area contributed by atoms with Crippen molar-refractivity contribution in [1.82, 2.24) is 0 Å². The summed E-state index contributed by atoms with van der Waals surface area (Å²) in [6.07, 6.45) is -0.909. The van der Waals surface area contributed by atoms with E-state index in [1.807, 2.05) is 6.92 Å². The van der Waals surface area contributed by atoms with Gasteiger partial charge >= 0.3 is 0 Å². The second-order valence-electron chi connectivity index (χ2n) is 5.24. The topological polar surface area (TPSA) is 81.4 Å². The molecular weight excluding hydrogens is 335 g/mol. The van der Waals surface area contributed by atoms with Crippen molar-refractivity contribution >= 4 is 29.1 Å². The van der Waals surface area contributed by atoms with Gasteiger partial charge in [0.05, 0.1) is 10.6 Å². The quantitative estimate of drug-likeness (QED) is 0.868. The van der Waals surface area contributed by atoms with Gasteiger partial charge in [0.1, 0.15) is 11.6 Å². The standard InChI is InChI=1S/C17H16ClFN2O3/c1-9-3-5-12(16(20)22)15(7-9)24-10(2)17(23)21-11-4-6-14(19)13(18)8-11/h3-8,10H,1-2H3,(H2,20,22)(H,21,23). The monoisotopic (exact) mass is 350 g/mol. The van der Waals surface area contributed by atoms with Gasteiger partial charge in [-0.25, -0.2) is 4.39 Å². The van der Waals surface area contributed by atoms with E-state index in [4.69, 9.17) is 22.1 Å². The van der Waals surface area contributed by atoms with E-state index in [0.717, 1.165) is 11.6 Å². The van der Waals surface area contributed by atoms with E-state index in [-0.39, 0.29) is 16.3 Å². The van der Waals surface area contributed by atoms with Gasteiger partial charge in [0.15, 0.2) is 6.10 Å². The third-order valence-electron chi connectivity index (χ3n) is 3.26. The van der Waals surface area contributed by atoms with E-state index in [9.17, 15) is 14.0 Å². The van der Waals surface area contributed by atoms with E-state index in [0.29, 0.717) is 5.69 Å². The molecule has 0 spiro atoms. The number of hydrogen-bond acceptors (Lipinski definition) is 3. The Kier molecular flexibility index (Phi) is 5.41. The first-order chi connectivity index (χ1) is 11.3.